The predicted molar refractivity (Wildman–Crippen MR) is 99.4 cm³/mol. The molecular formula is C20H21N3O2. The van der Waals surface area contributed by atoms with E-state index in [0.29, 0.717) is 0 Å². The summed E-state index contributed by atoms with van der Waals surface area (Å²) in [7, 11) is 1.65. The van der Waals surface area contributed by atoms with Crippen LogP contribution in [0.1, 0.15) is 26.3 Å². The van der Waals surface area contributed by atoms with E-state index in [-0.39, 0.29) is 5.91 Å². The van der Waals surface area contributed by atoms with E-state index in [4.69, 9.17) is 4.74 Å². The van der Waals surface area contributed by atoms with Crippen LogP contribution >= 0.6 is 0 Å². The molecule has 2 aliphatic heterocycles. The lowest BCUT2D eigenvalue weighted by Gasteiger charge is -2.36. The maximum Gasteiger partial charge on any atom is 0.279 e. The zero-order valence-corrected chi connectivity index (χ0v) is 14.8. The number of carbonyl (C=O) groups excluding carboxylic acids is 1. The summed E-state index contributed by atoms with van der Waals surface area (Å²) in [6.45, 7) is 6.08. The molecule has 1 spiro atoms. The van der Waals surface area contributed by atoms with E-state index in [9.17, 15) is 4.79 Å². The van der Waals surface area contributed by atoms with Crippen LogP contribution in [0.2, 0.25) is 0 Å². The van der Waals surface area contributed by atoms with E-state index < -0.39 is 11.0 Å². The highest BCUT2D eigenvalue weighted by molar-refractivity contribution is 6.26. The Bertz CT molecular complexity index is 889. The number of hydrogen-bond donors (Lipinski definition) is 1. The van der Waals surface area contributed by atoms with Crippen molar-refractivity contribution in [1.82, 2.24) is 0 Å². The van der Waals surface area contributed by atoms with Gasteiger partial charge in [0.25, 0.3) is 5.91 Å². The van der Waals surface area contributed by atoms with Crippen molar-refractivity contribution >= 4 is 23.0 Å². The van der Waals surface area contributed by atoms with Crippen molar-refractivity contribution < 1.29 is 9.53 Å². The van der Waals surface area contributed by atoms with Gasteiger partial charge in [-0.05, 0) is 42.8 Å². The first-order valence-electron chi connectivity index (χ1n) is 8.34. The van der Waals surface area contributed by atoms with Gasteiger partial charge in [0, 0.05) is 11.1 Å². The second kappa shape index (κ2) is 5.09. The lowest BCUT2D eigenvalue weighted by molar-refractivity contribution is -0.121. The molecule has 0 fully saturated rings. The normalized spacial score (nSPS) is 23.4. The molecule has 4 rings (SSSR count). The number of anilines is 2. The number of hydrazone groups is 1. The molecule has 5 nitrogen and oxygen atoms in total. The Morgan fingerprint density at radius 2 is 1.84 bits per heavy atom. The molecule has 2 aromatic rings. The Balaban J connectivity index is 1.83. The van der Waals surface area contributed by atoms with Crippen LogP contribution < -0.4 is 15.1 Å². The molecule has 1 N–H and O–H groups in total. The van der Waals surface area contributed by atoms with Crippen LogP contribution in [0, 0.1) is 0 Å². The molecule has 2 heterocycles. The van der Waals surface area contributed by atoms with Gasteiger partial charge in [-0.2, -0.15) is 10.1 Å². The Kier molecular flexibility index (Phi) is 3.19. The fourth-order valence-electron chi connectivity index (χ4n) is 4.03. The average molecular weight is 335 g/mol. The Morgan fingerprint density at radius 3 is 2.52 bits per heavy atom. The third-order valence-electron chi connectivity index (χ3n) is 5.47. The van der Waals surface area contributed by atoms with Gasteiger partial charge in [-0.15, -0.1) is 0 Å². The molecule has 0 radical (unpaired) electrons. The standard InChI is InChI=1S/C20H21N3O2/c1-13-20(18(24)23(22-13)14-8-6-5-7-9-14)19(2,3)16-12-15(25-4)10-11-17(16)21-20/h5-12,21H,1-4H3. The predicted octanol–water partition coefficient (Wildman–Crippen LogP) is 3.56. The summed E-state index contributed by atoms with van der Waals surface area (Å²) in [4.78, 5) is 13.5. The van der Waals surface area contributed by atoms with Crippen molar-refractivity contribution in [2.45, 2.75) is 31.7 Å². The Hall–Kier alpha value is -2.82. The smallest absolute Gasteiger partial charge is 0.279 e. The van der Waals surface area contributed by atoms with Crippen molar-refractivity contribution in [1.29, 1.82) is 0 Å². The minimum absolute atomic E-state index is 0.0589. The highest BCUT2D eigenvalue weighted by Crippen LogP contribution is 2.52. The average Bonchev–Trinajstić information content (AvgIpc) is 3.02. The number of carbonyl (C=O) groups is 1. The molecule has 1 amide bonds. The van der Waals surface area contributed by atoms with Gasteiger partial charge >= 0.3 is 0 Å². The van der Waals surface area contributed by atoms with Crippen LogP contribution in [0.4, 0.5) is 11.4 Å². The molecule has 0 saturated carbocycles. The highest BCUT2D eigenvalue weighted by Gasteiger charge is 2.63. The van der Waals surface area contributed by atoms with Gasteiger partial charge in [0.15, 0.2) is 5.54 Å². The Morgan fingerprint density at radius 1 is 1.12 bits per heavy atom. The van der Waals surface area contributed by atoms with Crippen molar-refractivity contribution in [2.24, 2.45) is 5.10 Å². The Labute approximate surface area is 147 Å². The number of amides is 1. The summed E-state index contributed by atoms with van der Waals surface area (Å²) < 4.78 is 5.37. The van der Waals surface area contributed by atoms with Gasteiger partial charge in [-0.3, -0.25) is 4.79 Å². The molecule has 1 unspecified atom stereocenters. The van der Waals surface area contributed by atoms with Crippen molar-refractivity contribution in [2.75, 3.05) is 17.4 Å². The van der Waals surface area contributed by atoms with E-state index in [1.165, 1.54) is 5.01 Å². The number of nitrogens with one attached hydrogen (secondary N) is 1. The summed E-state index contributed by atoms with van der Waals surface area (Å²) in [6, 6.07) is 15.4. The van der Waals surface area contributed by atoms with Crippen LogP contribution in [0.25, 0.3) is 0 Å². The van der Waals surface area contributed by atoms with Crippen LogP contribution in [0.3, 0.4) is 0 Å². The number of benzene rings is 2. The number of fused-ring (bicyclic) bond motifs is 1. The number of methoxy groups -OCH3 is 1. The zero-order chi connectivity index (χ0) is 17.8. The zero-order valence-electron chi connectivity index (χ0n) is 14.8. The number of nitrogens with zero attached hydrogens (tertiary/aromatic N) is 2. The molecule has 2 aromatic carbocycles. The first-order valence-corrected chi connectivity index (χ1v) is 8.34. The third-order valence-corrected chi connectivity index (χ3v) is 5.47. The molecule has 128 valence electrons. The molecule has 0 aromatic heterocycles. The van der Waals surface area contributed by atoms with E-state index in [1.54, 1.807) is 7.11 Å². The van der Waals surface area contributed by atoms with E-state index in [1.807, 2.05) is 55.5 Å². The third kappa shape index (κ3) is 1.89. The summed E-state index contributed by atoms with van der Waals surface area (Å²) in [5.74, 6) is 0.724. The molecule has 25 heavy (non-hydrogen) atoms. The number of para-hydroxylation sites is 1. The first-order chi connectivity index (χ1) is 11.9. The second-order valence-electron chi connectivity index (χ2n) is 7.05. The lowest BCUT2D eigenvalue weighted by Crippen LogP contribution is -2.60. The number of ether oxygens (including phenoxy) is 1. The van der Waals surface area contributed by atoms with E-state index >= 15 is 0 Å². The molecule has 0 aliphatic carbocycles. The van der Waals surface area contributed by atoms with Crippen LogP contribution in [-0.2, 0) is 10.2 Å². The van der Waals surface area contributed by atoms with E-state index in [2.05, 4.69) is 24.3 Å². The van der Waals surface area contributed by atoms with Crippen LogP contribution in [0.5, 0.6) is 5.75 Å². The van der Waals surface area contributed by atoms with Crippen molar-refractivity contribution in [3.05, 3.63) is 54.1 Å². The van der Waals surface area contributed by atoms with Gasteiger partial charge in [0.2, 0.25) is 0 Å². The fraction of sp³-hybridized carbons (Fsp3) is 0.300. The minimum atomic E-state index is -0.891. The molecular weight excluding hydrogens is 314 g/mol. The van der Waals surface area contributed by atoms with Gasteiger partial charge in [0.1, 0.15) is 5.75 Å². The number of hydrogen-bond acceptors (Lipinski definition) is 4. The highest BCUT2D eigenvalue weighted by atomic mass is 16.5. The largest absolute Gasteiger partial charge is 0.497 e. The first kappa shape index (κ1) is 15.7. The molecule has 1 atom stereocenters. The van der Waals surface area contributed by atoms with Crippen LogP contribution in [0.15, 0.2) is 53.6 Å². The minimum Gasteiger partial charge on any atom is -0.497 e. The molecule has 0 bridgehead atoms. The summed E-state index contributed by atoms with van der Waals surface area (Å²) in [5, 5.41) is 9.58. The lowest BCUT2D eigenvalue weighted by atomic mass is 9.68. The van der Waals surface area contributed by atoms with Gasteiger partial charge in [-0.25, -0.2) is 0 Å². The number of rotatable bonds is 2. The maximum atomic E-state index is 13.5. The molecule has 0 saturated heterocycles. The van der Waals surface area contributed by atoms with Crippen LogP contribution in [-0.4, -0.2) is 24.3 Å². The van der Waals surface area contributed by atoms with Crippen molar-refractivity contribution in [3.63, 3.8) is 0 Å². The quantitative estimate of drug-likeness (QED) is 0.913. The monoisotopic (exact) mass is 335 g/mol. The topological polar surface area (TPSA) is 53.9 Å². The fourth-order valence-corrected chi connectivity index (χ4v) is 4.03. The van der Waals surface area contributed by atoms with Gasteiger partial charge < -0.3 is 10.1 Å². The second-order valence-corrected chi connectivity index (χ2v) is 7.05. The summed E-state index contributed by atoms with van der Waals surface area (Å²) >= 11 is 0. The van der Waals surface area contributed by atoms with Gasteiger partial charge in [0.05, 0.1) is 18.5 Å². The molecule has 5 heteroatoms. The SMILES string of the molecule is COc1ccc2c(c1)C(C)(C)C1(N2)C(=O)N(c2ccccc2)N=C1C. The van der Waals surface area contributed by atoms with Crippen molar-refractivity contribution in [3.8, 4) is 5.75 Å². The molecule has 2 aliphatic rings. The van der Waals surface area contributed by atoms with Gasteiger partial charge in [-0.1, -0.05) is 32.0 Å². The summed E-state index contributed by atoms with van der Waals surface area (Å²) in [5.41, 5.74) is 2.19. The maximum absolute atomic E-state index is 13.5. The van der Waals surface area contributed by atoms with E-state index in [0.717, 1.165) is 28.4 Å². The summed E-state index contributed by atoms with van der Waals surface area (Å²) in [6.07, 6.45) is 0.